The number of carbonyl (C=O) groups is 2. The van der Waals surface area contributed by atoms with E-state index in [2.05, 4.69) is 5.32 Å². The van der Waals surface area contributed by atoms with Gasteiger partial charge in [-0.2, -0.15) is 0 Å². The smallest absolute Gasteiger partial charge is 0.262 e. The maximum atomic E-state index is 11.9. The Bertz CT molecular complexity index is 682. The molecule has 0 atom stereocenters. The molecular weight excluding hydrogens is 270 g/mol. The first kappa shape index (κ1) is 13.2. The van der Waals surface area contributed by atoms with E-state index in [1.165, 1.54) is 0 Å². The molecule has 3 rings (SSSR count). The van der Waals surface area contributed by atoms with Crippen LogP contribution in [0.2, 0.25) is 0 Å². The molecule has 0 unspecified atom stereocenters. The van der Waals surface area contributed by atoms with E-state index in [9.17, 15) is 9.59 Å². The Hall–Kier alpha value is -2.82. The van der Waals surface area contributed by atoms with E-state index in [1.54, 1.807) is 42.5 Å². The minimum Gasteiger partial charge on any atom is -0.485 e. The van der Waals surface area contributed by atoms with E-state index in [1.807, 2.05) is 6.07 Å². The zero-order chi connectivity index (χ0) is 14.7. The summed E-state index contributed by atoms with van der Waals surface area (Å²) in [6.07, 6.45) is 0. The fraction of sp³-hybridized carbons (Fsp3) is 0.125. The van der Waals surface area contributed by atoms with Gasteiger partial charge in [-0.3, -0.25) is 9.59 Å². The molecule has 0 aliphatic carbocycles. The van der Waals surface area contributed by atoms with Crippen LogP contribution in [0, 0.1) is 0 Å². The largest absolute Gasteiger partial charge is 0.485 e. The third-order valence-corrected chi connectivity index (χ3v) is 3.05. The van der Waals surface area contributed by atoms with Gasteiger partial charge in [0.15, 0.2) is 19.0 Å². The average Bonchev–Trinajstić information content (AvgIpc) is 2.53. The van der Waals surface area contributed by atoms with Gasteiger partial charge >= 0.3 is 0 Å². The number of fused-ring (bicyclic) bond motifs is 1. The molecule has 1 aliphatic heterocycles. The highest BCUT2D eigenvalue weighted by atomic mass is 16.5. The third kappa shape index (κ3) is 3.02. The summed E-state index contributed by atoms with van der Waals surface area (Å²) in [7, 11) is 0. The molecule has 2 aromatic carbocycles. The molecule has 0 fully saturated rings. The standard InChI is InChI=1S/C16H13NO4/c18-14(11-4-2-1-3-5-11)9-20-12-6-7-15-13(8-12)17-16(19)10-21-15/h1-8H,9-10H2,(H,17,19). The van der Waals surface area contributed by atoms with Crippen molar-refractivity contribution in [3.63, 3.8) is 0 Å². The molecule has 0 aromatic heterocycles. The van der Waals surface area contributed by atoms with Crippen molar-refractivity contribution >= 4 is 17.4 Å². The molecule has 1 aliphatic rings. The quantitative estimate of drug-likeness (QED) is 0.874. The minimum absolute atomic E-state index is 0.0136. The average molecular weight is 283 g/mol. The third-order valence-electron chi connectivity index (χ3n) is 3.05. The molecule has 0 saturated carbocycles. The number of benzene rings is 2. The first-order valence-electron chi connectivity index (χ1n) is 6.50. The highest BCUT2D eigenvalue weighted by molar-refractivity contribution is 5.97. The second-order valence-corrected chi connectivity index (χ2v) is 4.57. The number of anilines is 1. The van der Waals surface area contributed by atoms with Crippen molar-refractivity contribution in [3.8, 4) is 11.5 Å². The Morgan fingerprint density at radius 2 is 2.00 bits per heavy atom. The molecule has 0 radical (unpaired) electrons. The Balaban J connectivity index is 1.67. The maximum absolute atomic E-state index is 11.9. The number of nitrogens with one attached hydrogen (secondary N) is 1. The van der Waals surface area contributed by atoms with E-state index in [0.717, 1.165) is 0 Å². The Kier molecular flexibility index (Phi) is 3.55. The van der Waals surface area contributed by atoms with E-state index in [0.29, 0.717) is 22.7 Å². The van der Waals surface area contributed by atoms with Crippen molar-refractivity contribution in [2.24, 2.45) is 0 Å². The lowest BCUT2D eigenvalue weighted by molar-refractivity contribution is -0.118. The molecule has 5 nitrogen and oxygen atoms in total. The summed E-state index contributed by atoms with van der Waals surface area (Å²) >= 11 is 0. The van der Waals surface area contributed by atoms with E-state index < -0.39 is 0 Å². The van der Waals surface area contributed by atoms with Crippen LogP contribution in [0.15, 0.2) is 48.5 Å². The van der Waals surface area contributed by atoms with Gasteiger partial charge in [-0.15, -0.1) is 0 Å². The molecule has 0 bridgehead atoms. The van der Waals surface area contributed by atoms with E-state index in [-0.39, 0.29) is 24.9 Å². The van der Waals surface area contributed by atoms with Crippen molar-refractivity contribution < 1.29 is 19.1 Å². The van der Waals surface area contributed by atoms with Gasteiger partial charge in [0.05, 0.1) is 5.69 Å². The summed E-state index contributed by atoms with van der Waals surface area (Å²) in [5.41, 5.74) is 1.16. The van der Waals surface area contributed by atoms with Crippen LogP contribution in [0.4, 0.5) is 5.69 Å². The fourth-order valence-corrected chi connectivity index (χ4v) is 2.01. The first-order valence-corrected chi connectivity index (χ1v) is 6.50. The molecule has 0 saturated heterocycles. The topological polar surface area (TPSA) is 64.6 Å². The van der Waals surface area contributed by atoms with Gasteiger partial charge in [0.1, 0.15) is 11.5 Å². The SMILES string of the molecule is O=C1COc2ccc(OCC(=O)c3ccccc3)cc2N1. The van der Waals surface area contributed by atoms with Crippen molar-refractivity contribution in [1.82, 2.24) is 0 Å². The highest BCUT2D eigenvalue weighted by Gasteiger charge is 2.16. The summed E-state index contributed by atoms with van der Waals surface area (Å²) in [6, 6.07) is 14.0. The number of rotatable bonds is 4. The lowest BCUT2D eigenvalue weighted by atomic mass is 10.1. The molecule has 5 heteroatoms. The summed E-state index contributed by atoms with van der Waals surface area (Å²) in [5.74, 6) is 0.786. The van der Waals surface area contributed by atoms with Crippen molar-refractivity contribution in [3.05, 3.63) is 54.1 Å². The van der Waals surface area contributed by atoms with Crippen molar-refractivity contribution in [2.75, 3.05) is 18.5 Å². The molecule has 1 N–H and O–H groups in total. The number of hydrogen-bond donors (Lipinski definition) is 1. The molecule has 1 amide bonds. The summed E-state index contributed by atoms with van der Waals surface area (Å²) in [5, 5.41) is 2.69. The predicted octanol–water partition coefficient (Wildman–Crippen LogP) is 2.28. The van der Waals surface area contributed by atoms with Crippen LogP contribution in [0.5, 0.6) is 11.5 Å². The van der Waals surface area contributed by atoms with Gasteiger partial charge in [0.2, 0.25) is 0 Å². The fourth-order valence-electron chi connectivity index (χ4n) is 2.01. The van der Waals surface area contributed by atoms with Gasteiger partial charge in [0.25, 0.3) is 5.91 Å². The number of ketones is 1. The normalized spacial score (nSPS) is 12.9. The lowest BCUT2D eigenvalue weighted by Crippen LogP contribution is -2.25. The van der Waals surface area contributed by atoms with Gasteiger partial charge in [-0.1, -0.05) is 30.3 Å². The van der Waals surface area contributed by atoms with Crippen molar-refractivity contribution in [1.29, 1.82) is 0 Å². The van der Waals surface area contributed by atoms with Gasteiger partial charge in [0, 0.05) is 11.6 Å². The number of hydrogen-bond acceptors (Lipinski definition) is 4. The van der Waals surface area contributed by atoms with E-state index >= 15 is 0 Å². The summed E-state index contributed by atoms with van der Waals surface area (Å²) in [4.78, 5) is 23.2. The number of amides is 1. The Morgan fingerprint density at radius 3 is 2.81 bits per heavy atom. The second kappa shape index (κ2) is 5.66. The molecule has 106 valence electrons. The molecule has 21 heavy (non-hydrogen) atoms. The van der Waals surface area contributed by atoms with E-state index in [4.69, 9.17) is 9.47 Å². The van der Waals surface area contributed by atoms with Crippen LogP contribution in [0.3, 0.4) is 0 Å². The Labute approximate surface area is 121 Å². The zero-order valence-electron chi connectivity index (χ0n) is 11.2. The van der Waals surface area contributed by atoms with Crippen LogP contribution >= 0.6 is 0 Å². The predicted molar refractivity (Wildman–Crippen MR) is 76.8 cm³/mol. The highest BCUT2D eigenvalue weighted by Crippen LogP contribution is 2.31. The minimum atomic E-state index is -0.208. The van der Waals surface area contributed by atoms with Gasteiger partial charge in [-0.25, -0.2) is 0 Å². The molecular formula is C16H13NO4. The Morgan fingerprint density at radius 1 is 1.19 bits per heavy atom. The summed E-state index contributed by atoms with van der Waals surface area (Å²) < 4.78 is 10.7. The lowest BCUT2D eigenvalue weighted by Gasteiger charge is -2.18. The monoisotopic (exact) mass is 283 g/mol. The van der Waals surface area contributed by atoms with Crippen LogP contribution in [0.25, 0.3) is 0 Å². The number of ether oxygens (including phenoxy) is 2. The molecule has 0 spiro atoms. The van der Waals surface area contributed by atoms with Gasteiger partial charge < -0.3 is 14.8 Å². The van der Waals surface area contributed by atoms with Gasteiger partial charge in [-0.05, 0) is 12.1 Å². The van der Waals surface area contributed by atoms with Crippen LogP contribution in [0.1, 0.15) is 10.4 Å². The number of carbonyl (C=O) groups excluding carboxylic acids is 2. The molecule has 1 heterocycles. The van der Waals surface area contributed by atoms with Crippen LogP contribution < -0.4 is 14.8 Å². The zero-order valence-corrected chi connectivity index (χ0v) is 11.2. The number of Topliss-reactive ketones (excluding diaryl/α,β-unsaturated/α-hetero) is 1. The van der Waals surface area contributed by atoms with Crippen LogP contribution in [-0.2, 0) is 4.79 Å². The van der Waals surface area contributed by atoms with Crippen LogP contribution in [-0.4, -0.2) is 24.9 Å². The summed E-state index contributed by atoms with van der Waals surface area (Å²) in [6.45, 7) is -0.0443. The first-order chi connectivity index (χ1) is 10.2. The second-order valence-electron chi connectivity index (χ2n) is 4.57. The molecule has 2 aromatic rings. The van der Waals surface area contributed by atoms with Crippen molar-refractivity contribution in [2.45, 2.75) is 0 Å². The maximum Gasteiger partial charge on any atom is 0.262 e.